The number of rotatable bonds is 4. The van der Waals surface area contributed by atoms with Crippen molar-refractivity contribution in [1.29, 1.82) is 0 Å². The summed E-state index contributed by atoms with van der Waals surface area (Å²) in [5, 5.41) is 14.2. The molecule has 2 aromatic rings. The molecule has 0 atom stereocenters. The van der Waals surface area contributed by atoms with Crippen LogP contribution in [0.4, 0.5) is 0 Å². The van der Waals surface area contributed by atoms with Crippen LogP contribution in [0, 0.1) is 5.92 Å². The van der Waals surface area contributed by atoms with Gasteiger partial charge in [-0.3, -0.25) is 4.98 Å². The van der Waals surface area contributed by atoms with Gasteiger partial charge in [-0.1, -0.05) is 25.4 Å². The summed E-state index contributed by atoms with van der Waals surface area (Å²) in [4.78, 5) is 8.13. The summed E-state index contributed by atoms with van der Waals surface area (Å²) in [6.07, 6.45) is 5.51. The topological polar surface area (TPSA) is 63.8 Å². The Balaban J connectivity index is 2.47. The highest BCUT2D eigenvalue weighted by atomic mass is 35.5. The van der Waals surface area contributed by atoms with Gasteiger partial charge in [0.05, 0.1) is 18.5 Å². The van der Waals surface area contributed by atoms with Crippen molar-refractivity contribution in [2.45, 2.75) is 26.9 Å². The number of nitrogens with zero attached hydrogens (tertiary/aromatic N) is 4. The molecule has 2 aromatic heterocycles. The van der Waals surface area contributed by atoms with E-state index in [1.807, 2.05) is 0 Å². The minimum atomic E-state index is -0.124. The van der Waals surface area contributed by atoms with Crippen molar-refractivity contribution in [1.82, 2.24) is 19.7 Å². The summed E-state index contributed by atoms with van der Waals surface area (Å²) in [6, 6.07) is 0. The van der Waals surface area contributed by atoms with E-state index in [1.54, 1.807) is 18.6 Å². The molecule has 1 N–H and O–H groups in total. The molecule has 0 aliphatic heterocycles. The maximum Gasteiger partial charge on any atom is 0.173 e. The lowest BCUT2D eigenvalue weighted by Crippen LogP contribution is -2.02. The second kappa shape index (κ2) is 5.46. The zero-order chi connectivity index (χ0) is 13.1. The van der Waals surface area contributed by atoms with E-state index < -0.39 is 0 Å². The highest BCUT2D eigenvalue weighted by Crippen LogP contribution is 2.24. The normalized spacial score (nSPS) is 11.2. The highest BCUT2D eigenvalue weighted by molar-refractivity contribution is 6.30. The van der Waals surface area contributed by atoms with Gasteiger partial charge in [-0.2, -0.15) is 5.10 Å². The Morgan fingerprint density at radius 2 is 2.17 bits per heavy atom. The van der Waals surface area contributed by atoms with Gasteiger partial charge in [-0.15, -0.1) is 0 Å². The van der Waals surface area contributed by atoms with Crippen molar-refractivity contribution in [3.05, 3.63) is 35.0 Å². The van der Waals surface area contributed by atoms with E-state index in [0.29, 0.717) is 22.5 Å². The van der Waals surface area contributed by atoms with Crippen LogP contribution < -0.4 is 0 Å². The van der Waals surface area contributed by atoms with Crippen LogP contribution in [0.2, 0.25) is 5.15 Å². The fraction of sp³-hybridized carbons (Fsp3) is 0.417. The first-order chi connectivity index (χ1) is 8.63. The second-order valence-corrected chi connectivity index (χ2v) is 4.81. The molecule has 18 heavy (non-hydrogen) atoms. The highest BCUT2D eigenvalue weighted by Gasteiger charge is 2.18. The molecule has 0 saturated heterocycles. The van der Waals surface area contributed by atoms with E-state index in [4.69, 9.17) is 11.6 Å². The zero-order valence-corrected chi connectivity index (χ0v) is 11.1. The molecule has 5 nitrogen and oxygen atoms in total. The van der Waals surface area contributed by atoms with Gasteiger partial charge in [-0.25, -0.2) is 9.67 Å². The number of aromatic nitrogens is 4. The minimum absolute atomic E-state index is 0.124. The van der Waals surface area contributed by atoms with Crippen molar-refractivity contribution >= 4 is 11.6 Å². The molecule has 0 aromatic carbocycles. The number of aliphatic hydroxyl groups is 1. The van der Waals surface area contributed by atoms with E-state index >= 15 is 0 Å². The third kappa shape index (κ3) is 2.52. The van der Waals surface area contributed by atoms with E-state index in [2.05, 4.69) is 28.9 Å². The lowest BCUT2D eigenvalue weighted by atomic mass is 10.1. The monoisotopic (exact) mass is 266 g/mol. The third-order valence-electron chi connectivity index (χ3n) is 2.53. The predicted octanol–water partition coefficient (Wildman–Crippen LogP) is 2.01. The van der Waals surface area contributed by atoms with Crippen molar-refractivity contribution in [3.8, 4) is 5.82 Å². The van der Waals surface area contributed by atoms with Gasteiger partial charge in [0.15, 0.2) is 5.82 Å². The van der Waals surface area contributed by atoms with Crippen LogP contribution in [0.3, 0.4) is 0 Å². The third-order valence-corrected chi connectivity index (χ3v) is 2.92. The zero-order valence-electron chi connectivity index (χ0n) is 10.3. The molecule has 0 amide bonds. The molecule has 6 heteroatoms. The van der Waals surface area contributed by atoms with E-state index in [-0.39, 0.29) is 6.61 Å². The van der Waals surface area contributed by atoms with E-state index in [9.17, 15) is 5.11 Å². The Bertz CT molecular complexity index is 524. The fourth-order valence-corrected chi connectivity index (χ4v) is 2.02. The molecule has 0 radical (unpaired) electrons. The predicted molar refractivity (Wildman–Crippen MR) is 68.6 cm³/mol. The van der Waals surface area contributed by atoms with Crippen molar-refractivity contribution in [3.63, 3.8) is 0 Å². The molecule has 96 valence electrons. The number of halogens is 1. The van der Waals surface area contributed by atoms with Crippen molar-refractivity contribution < 1.29 is 5.11 Å². The van der Waals surface area contributed by atoms with E-state index in [0.717, 1.165) is 12.1 Å². The lowest BCUT2D eigenvalue weighted by molar-refractivity contribution is 0.280. The molecule has 0 spiro atoms. The Labute approximate surface area is 110 Å². The van der Waals surface area contributed by atoms with Crippen LogP contribution in [0.1, 0.15) is 25.1 Å². The number of hydrogen-bond donors (Lipinski definition) is 1. The quantitative estimate of drug-likeness (QED) is 0.919. The molecule has 2 heterocycles. The number of aliphatic hydroxyl groups excluding tert-OH is 1. The van der Waals surface area contributed by atoms with Gasteiger partial charge in [0, 0.05) is 18.0 Å². The summed E-state index contributed by atoms with van der Waals surface area (Å²) in [6.45, 7) is 4.06. The van der Waals surface area contributed by atoms with Crippen LogP contribution >= 0.6 is 11.6 Å². The fourth-order valence-electron chi connectivity index (χ4n) is 1.73. The molecular formula is C12H15ClN4O. The van der Waals surface area contributed by atoms with Gasteiger partial charge in [-0.05, 0) is 12.3 Å². The summed E-state index contributed by atoms with van der Waals surface area (Å²) in [5.41, 5.74) is 1.47. The lowest BCUT2D eigenvalue weighted by Gasteiger charge is -2.02. The Hall–Kier alpha value is -1.46. The van der Waals surface area contributed by atoms with Crippen LogP contribution in [0.15, 0.2) is 18.6 Å². The SMILES string of the molecule is CC(C)Cc1nn(-c2cnccn2)c(Cl)c1CO. The Morgan fingerprint density at radius 1 is 1.39 bits per heavy atom. The maximum absolute atomic E-state index is 9.40. The summed E-state index contributed by atoms with van der Waals surface area (Å²) >= 11 is 6.22. The molecule has 0 unspecified atom stereocenters. The molecule has 0 bridgehead atoms. The van der Waals surface area contributed by atoms with E-state index in [1.165, 1.54) is 4.68 Å². The van der Waals surface area contributed by atoms with Crippen molar-refractivity contribution in [2.75, 3.05) is 0 Å². The first-order valence-corrected chi connectivity index (χ1v) is 6.14. The van der Waals surface area contributed by atoms with Crippen LogP contribution in [-0.2, 0) is 13.0 Å². The smallest absolute Gasteiger partial charge is 0.173 e. The van der Waals surface area contributed by atoms with Gasteiger partial charge in [0.1, 0.15) is 5.15 Å². The van der Waals surface area contributed by atoms with Crippen LogP contribution in [0.25, 0.3) is 5.82 Å². The van der Waals surface area contributed by atoms with Crippen LogP contribution in [-0.4, -0.2) is 24.9 Å². The first-order valence-electron chi connectivity index (χ1n) is 5.77. The second-order valence-electron chi connectivity index (χ2n) is 4.45. The summed E-state index contributed by atoms with van der Waals surface area (Å²) in [7, 11) is 0. The molecule has 0 saturated carbocycles. The number of hydrogen-bond acceptors (Lipinski definition) is 4. The molecule has 0 fully saturated rings. The van der Waals surface area contributed by atoms with Gasteiger partial charge in [0.2, 0.25) is 0 Å². The largest absolute Gasteiger partial charge is 0.391 e. The summed E-state index contributed by atoms with van der Waals surface area (Å²) in [5.74, 6) is 0.990. The molecule has 2 rings (SSSR count). The molecular weight excluding hydrogens is 252 g/mol. The Kier molecular flexibility index (Phi) is 3.93. The first kappa shape index (κ1) is 13.0. The van der Waals surface area contributed by atoms with Gasteiger partial charge >= 0.3 is 0 Å². The molecule has 0 aliphatic carbocycles. The standard InChI is InChI=1S/C12H15ClN4O/c1-8(2)5-10-9(7-18)12(13)17(16-10)11-6-14-3-4-15-11/h3-4,6,8,18H,5,7H2,1-2H3. The minimum Gasteiger partial charge on any atom is -0.391 e. The van der Waals surface area contributed by atoms with Gasteiger partial charge in [0.25, 0.3) is 0 Å². The average molecular weight is 267 g/mol. The van der Waals surface area contributed by atoms with Gasteiger partial charge < -0.3 is 5.11 Å². The van der Waals surface area contributed by atoms with Crippen molar-refractivity contribution in [2.24, 2.45) is 5.92 Å². The Morgan fingerprint density at radius 3 is 2.72 bits per heavy atom. The molecule has 0 aliphatic rings. The average Bonchev–Trinajstić information content (AvgIpc) is 2.66. The maximum atomic E-state index is 9.40. The van der Waals surface area contributed by atoms with Crippen LogP contribution in [0.5, 0.6) is 0 Å². The summed E-state index contributed by atoms with van der Waals surface area (Å²) < 4.78 is 1.51.